The second-order valence-electron chi connectivity index (χ2n) is 6.31. The zero-order valence-electron chi connectivity index (χ0n) is 14.8. The first-order valence-corrected chi connectivity index (χ1v) is 8.68. The predicted molar refractivity (Wildman–Crippen MR) is 92.8 cm³/mol. The summed E-state index contributed by atoms with van der Waals surface area (Å²) in [6.45, 7) is 3.40. The molecule has 1 N–H and O–H groups in total. The molecule has 1 aliphatic heterocycles. The fraction of sp³-hybridized carbons (Fsp3) is 0.438. The Morgan fingerprint density at radius 3 is 3.00 bits per heavy atom. The smallest absolute Gasteiger partial charge is 0.246 e. The standard InChI is InChI=1S/C16H19N9O2/c1-11-22-15(27-23-11)6-18-16(26)12-3-2-4-24(7-12)13-5-14(20-9-19-13)25-10-17-8-21-25/h5,8-10,12H,2-4,6-7H2,1H3,(H,18,26)/t12-/m0/s1. The number of nitrogens with zero attached hydrogens (tertiary/aromatic N) is 8. The summed E-state index contributed by atoms with van der Waals surface area (Å²) in [5.41, 5.74) is 0. The van der Waals surface area contributed by atoms with Gasteiger partial charge in [0.15, 0.2) is 11.6 Å². The normalized spacial score (nSPS) is 17.1. The van der Waals surface area contributed by atoms with Crippen LogP contribution >= 0.6 is 0 Å². The number of hydrogen-bond acceptors (Lipinski definition) is 9. The average molecular weight is 369 g/mol. The molecule has 1 saturated heterocycles. The van der Waals surface area contributed by atoms with E-state index < -0.39 is 0 Å². The molecule has 1 amide bonds. The van der Waals surface area contributed by atoms with E-state index in [2.05, 4.69) is 40.4 Å². The van der Waals surface area contributed by atoms with Crippen molar-refractivity contribution < 1.29 is 9.32 Å². The molecule has 4 rings (SSSR count). The van der Waals surface area contributed by atoms with E-state index >= 15 is 0 Å². The van der Waals surface area contributed by atoms with Gasteiger partial charge in [0, 0.05) is 19.2 Å². The van der Waals surface area contributed by atoms with Crippen LogP contribution in [-0.4, -0.2) is 53.9 Å². The summed E-state index contributed by atoms with van der Waals surface area (Å²) in [5, 5.41) is 10.7. The number of rotatable bonds is 5. The van der Waals surface area contributed by atoms with Gasteiger partial charge in [-0.3, -0.25) is 4.79 Å². The number of hydrogen-bond donors (Lipinski definition) is 1. The van der Waals surface area contributed by atoms with Crippen molar-refractivity contribution in [1.82, 2.24) is 40.2 Å². The maximum absolute atomic E-state index is 12.5. The van der Waals surface area contributed by atoms with Crippen LogP contribution in [0.4, 0.5) is 5.82 Å². The Balaban J connectivity index is 1.40. The number of aromatic nitrogens is 7. The maximum atomic E-state index is 12.5. The summed E-state index contributed by atoms with van der Waals surface area (Å²) in [6.07, 6.45) is 6.26. The first kappa shape index (κ1) is 17.1. The van der Waals surface area contributed by atoms with Crippen molar-refractivity contribution in [3.8, 4) is 5.82 Å². The van der Waals surface area contributed by atoms with E-state index in [1.54, 1.807) is 17.9 Å². The van der Waals surface area contributed by atoms with E-state index in [0.29, 0.717) is 24.1 Å². The lowest BCUT2D eigenvalue weighted by atomic mass is 9.97. The topological polar surface area (TPSA) is 128 Å². The highest BCUT2D eigenvalue weighted by molar-refractivity contribution is 5.79. The third-order valence-corrected chi connectivity index (χ3v) is 4.39. The zero-order valence-corrected chi connectivity index (χ0v) is 14.8. The van der Waals surface area contributed by atoms with Gasteiger partial charge in [0.05, 0.1) is 12.5 Å². The molecule has 1 fully saturated rings. The van der Waals surface area contributed by atoms with Crippen LogP contribution in [0.1, 0.15) is 24.6 Å². The number of aryl methyl sites for hydroxylation is 1. The zero-order chi connectivity index (χ0) is 18.6. The molecule has 11 nitrogen and oxygen atoms in total. The molecule has 140 valence electrons. The lowest BCUT2D eigenvalue weighted by Gasteiger charge is -2.32. The van der Waals surface area contributed by atoms with Crippen LogP contribution in [0.25, 0.3) is 5.82 Å². The molecule has 0 aromatic carbocycles. The largest absolute Gasteiger partial charge is 0.356 e. The summed E-state index contributed by atoms with van der Waals surface area (Å²) in [4.78, 5) is 31.2. The molecule has 1 aliphatic rings. The molecule has 1 atom stereocenters. The van der Waals surface area contributed by atoms with Gasteiger partial charge in [-0.25, -0.2) is 19.6 Å². The lowest BCUT2D eigenvalue weighted by molar-refractivity contribution is -0.125. The van der Waals surface area contributed by atoms with Crippen molar-refractivity contribution in [2.45, 2.75) is 26.3 Å². The maximum Gasteiger partial charge on any atom is 0.246 e. The van der Waals surface area contributed by atoms with Gasteiger partial charge < -0.3 is 14.7 Å². The van der Waals surface area contributed by atoms with Gasteiger partial charge in [-0.15, -0.1) is 0 Å². The molecule has 0 saturated carbocycles. The number of nitrogens with one attached hydrogen (secondary N) is 1. The van der Waals surface area contributed by atoms with E-state index in [0.717, 1.165) is 25.2 Å². The molecular formula is C16H19N9O2. The van der Waals surface area contributed by atoms with Gasteiger partial charge >= 0.3 is 0 Å². The van der Waals surface area contributed by atoms with Crippen molar-refractivity contribution in [2.24, 2.45) is 5.92 Å². The predicted octanol–water partition coefficient (Wildman–Crippen LogP) is 0.282. The van der Waals surface area contributed by atoms with Crippen LogP contribution in [0.5, 0.6) is 0 Å². The Morgan fingerprint density at radius 1 is 1.33 bits per heavy atom. The Hall–Kier alpha value is -3.37. The lowest BCUT2D eigenvalue weighted by Crippen LogP contribution is -2.43. The van der Waals surface area contributed by atoms with Crippen LogP contribution in [-0.2, 0) is 11.3 Å². The highest BCUT2D eigenvalue weighted by Gasteiger charge is 2.27. The monoisotopic (exact) mass is 369 g/mol. The molecule has 0 spiro atoms. The Kier molecular flexibility index (Phi) is 4.73. The summed E-state index contributed by atoms with van der Waals surface area (Å²) >= 11 is 0. The van der Waals surface area contributed by atoms with Crippen molar-refractivity contribution in [3.05, 3.63) is 36.8 Å². The SMILES string of the molecule is Cc1noc(CNC(=O)[C@H]2CCCN(c3cc(-n4cncn4)ncn3)C2)n1. The van der Waals surface area contributed by atoms with Crippen LogP contribution in [0.2, 0.25) is 0 Å². The fourth-order valence-corrected chi connectivity index (χ4v) is 3.08. The third-order valence-electron chi connectivity index (χ3n) is 4.39. The second kappa shape index (κ2) is 7.48. The van der Waals surface area contributed by atoms with Gasteiger partial charge in [0.1, 0.15) is 24.8 Å². The van der Waals surface area contributed by atoms with Crippen molar-refractivity contribution >= 4 is 11.7 Å². The minimum Gasteiger partial charge on any atom is -0.356 e. The van der Waals surface area contributed by atoms with Gasteiger partial charge in [-0.2, -0.15) is 10.1 Å². The number of anilines is 1. The van der Waals surface area contributed by atoms with Crippen molar-refractivity contribution in [2.75, 3.05) is 18.0 Å². The van der Waals surface area contributed by atoms with E-state index in [1.165, 1.54) is 12.7 Å². The van der Waals surface area contributed by atoms with E-state index in [-0.39, 0.29) is 18.4 Å². The molecule has 27 heavy (non-hydrogen) atoms. The van der Waals surface area contributed by atoms with Crippen molar-refractivity contribution in [1.29, 1.82) is 0 Å². The van der Waals surface area contributed by atoms with E-state index in [4.69, 9.17) is 4.52 Å². The van der Waals surface area contributed by atoms with Crippen LogP contribution < -0.4 is 10.2 Å². The molecule has 0 bridgehead atoms. The van der Waals surface area contributed by atoms with Crippen molar-refractivity contribution in [3.63, 3.8) is 0 Å². The average Bonchev–Trinajstić information content (AvgIpc) is 3.38. The molecule has 0 radical (unpaired) electrons. The first-order valence-electron chi connectivity index (χ1n) is 8.68. The Bertz CT molecular complexity index is 908. The number of piperidine rings is 1. The van der Waals surface area contributed by atoms with Crippen LogP contribution in [0, 0.1) is 12.8 Å². The van der Waals surface area contributed by atoms with Crippen LogP contribution in [0.15, 0.2) is 29.6 Å². The number of amides is 1. The number of carbonyl (C=O) groups is 1. The molecule has 11 heteroatoms. The van der Waals surface area contributed by atoms with E-state index in [1.807, 2.05) is 6.07 Å². The summed E-state index contributed by atoms with van der Waals surface area (Å²) < 4.78 is 6.60. The summed E-state index contributed by atoms with van der Waals surface area (Å²) in [7, 11) is 0. The quantitative estimate of drug-likeness (QED) is 0.674. The molecule has 0 unspecified atom stereocenters. The van der Waals surface area contributed by atoms with Gasteiger partial charge in [-0.05, 0) is 19.8 Å². The highest BCUT2D eigenvalue weighted by atomic mass is 16.5. The third kappa shape index (κ3) is 3.91. The molecule has 3 aromatic rings. The molecular weight excluding hydrogens is 350 g/mol. The van der Waals surface area contributed by atoms with E-state index in [9.17, 15) is 4.79 Å². The second-order valence-corrected chi connectivity index (χ2v) is 6.31. The minimum absolute atomic E-state index is 0.0268. The molecule has 3 aromatic heterocycles. The van der Waals surface area contributed by atoms with Gasteiger partial charge in [0.25, 0.3) is 0 Å². The minimum atomic E-state index is -0.132. The summed E-state index contributed by atoms with van der Waals surface area (Å²) in [5.74, 6) is 2.20. The molecule has 0 aliphatic carbocycles. The number of carbonyl (C=O) groups excluding carboxylic acids is 1. The van der Waals surface area contributed by atoms with Gasteiger partial charge in [0.2, 0.25) is 11.8 Å². The summed E-state index contributed by atoms with van der Waals surface area (Å²) in [6, 6.07) is 1.84. The Labute approximate surface area is 154 Å². The molecule has 4 heterocycles. The van der Waals surface area contributed by atoms with Gasteiger partial charge in [-0.1, -0.05) is 5.16 Å². The first-order chi connectivity index (χ1) is 13.2. The Morgan fingerprint density at radius 2 is 2.22 bits per heavy atom. The highest BCUT2D eigenvalue weighted by Crippen LogP contribution is 2.22. The van der Waals surface area contributed by atoms with Crippen LogP contribution in [0.3, 0.4) is 0 Å². The fourth-order valence-electron chi connectivity index (χ4n) is 3.08.